The molecule has 6 nitrogen and oxygen atoms in total. The van der Waals surface area contributed by atoms with E-state index >= 15 is 0 Å². The number of fused-ring (bicyclic) bond motifs is 2. The highest BCUT2D eigenvalue weighted by molar-refractivity contribution is 6.34. The van der Waals surface area contributed by atoms with Crippen molar-refractivity contribution in [3.63, 3.8) is 0 Å². The summed E-state index contributed by atoms with van der Waals surface area (Å²) < 4.78 is 5.28. The van der Waals surface area contributed by atoms with Crippen molar-refractivity contribution < 1.29 is 9.53 Å². The molecule has 3 aromatic rings. The number of aromatic nitrogens is 2. The van der Waals surface area contributed by atoms with E-state index in [1.165, 1.54) is 12.7 Å². The van der Waals surface area contributed by atoms with E-state index in [0.29, 0.717) is 22.9 Å². The van der Waals surface area contributed by atoms with E-state index in [9.17, 15) is 4.79 Å². The minimum atomic E-state index is -0.336. The Morgan fingerprint density at radius 1 is 1.12 bits per heavy atom. The van der Waals surface area contributed by atoms with Crippen LogP contribution in [0.15, 0.2) is 55.0 Å². The van der Waals surface area contributed by atoms with Crippen LogP contribution in [-0.2, 0) is 12.1 Å². The average molecular weight is 449 g/mol. The number of ether oxygens (including phenoxy) is 1. The normalized spacial score (nSPS) is 16.8. The van der Waals surface area contributed by atoms with Crippen LogP contribution >= 0.6 is 11.6 Å². The first-order chi connectivity index (χ1) is 15.6. The third-order valence-corrected chi connectivity index (χ3v) is 6.90. The Labute approximate surface area is 192 Å². The summed E-state index contributed by atoms with van der Waals surface area (Å²) in [5.41, 5.74) is 3.23. The first-order valence-electron chi connectivity index (χ1n) is 10.9. The lowest BCUT2D eigenvalue weighted by Crippen LogP contribution is -2.44. The highest BCUT2D eigenvalue weighted by Gasteiger charge is 2.50. The topological polar surface area (TPSA) is 67.3 Å². The highest BCUT2D eigenvalue weighted by Crippen LogP contribution is 2.51. The molecule has 0 radical (unpaired) electrons. The Morgan fingerprint density at radius 2 is 1.91 bits per heavy atom. The summed E-state index contributed by atoms with van der Waals surface area (Å²) in [6, 6.07) is 13.6. The van der Waals surface area contributed by atoms with Crippen LogP contribution in [0.25, 0.3) is 0 Å². The molecule has 0 atom stereocenters. The van der Waals surface area contributed by atoms with Crippen molar-refractivity contribution in [2.24, 2.45) is 0 Å². The van der Waals surface area contributed by atoms with Crippen molar-refractivity contribution in [3.05, 3.63) is 76.7 Å². The Bertz CT molecular complexity index is 1130. The maximum atomic E-state index is 13.7. The standard InChI is InChI=1S/C25H25ClN4O2/c1-32-19-7-5-17(6-8-19)15-30-24(31)23-20(25(30)10-3-2-4-11-25)13-18(14-21(23)26)29-22-9-12-27-16-28-22/h5-9,12-14,16H,2-4,10-11,15H2,1H3,(H,27,28,29). The third kappa shape index (κ3) is 3.58. The molecule has 164 valence electrons. The number of nitrogens with one attached hydrogen (secondary N) is 1. The second-order valence-electron chi connectivity index (χ2n) is 8.43. The number of anilines is 2. The van der Waals surface area contributed by atoms with Crippen LogP contribution in [0.5, 0.6) is 5.75 Å². The predicted octanol–water partition coefficient (Wildman–Crippen LogP) is 5.70. The third-order valence-electron chi connectivity index (χ3n) is 6.60. The quantitative estimate of drug-likeness (QED) is 0.542. The van der Waals surface area contributed by atoms with Crippen molar-refractivity contribution in [2.45, 2.75) is 44.2 Å². The number of carbonyl (C=O) groups is 1. The Kier molecular flexibility index (Phi) is 5.47. The first-order valence-corrected chi connectivity index (χ1v) is 11.3. The van der Waals surface area contributed by atoms with Gasteiger partial charge in [-0.05, 0) is 54.3 Å². The predicted molar refractivity (Wildman–Crippen MR) is 124 cm³/mol. The second-order valence-corrected chi connectivity index (χ2v) is 8.84. The fraction of sp³-hybridized carbons (Fsp3) is 0.320. The van der Waals surface area contributed by atoms with E-state index < -0.39 is 0 Å². The van der Waals surface area contributed by atoms with Crippen molar-refractivity contribution in [3.8, 4) is 5.75 Å². The van der Waals surface area contributed by atoms with Crippen molar-refractivity contribution >= 4 is 29.0 Å². The van der Waals surface area contributed by atoms with Gasteiger partial charge >= 0.3 is 0 Å². The molecule has 1 spiro atoms. The van der Waals surface area contributed by atoms with Gasteiger partial charge in [0.15, 0.2) is 0 Å². The molecule has 2 aromatic carbocycles. The number of methoxy groups -OCH3 is 1. The van der Waals surface area contributed by atoms with Crippen LogP contribution in [0.1, 0.15) is 53.6 Å². The molecule has 1 aromatic heterocycles. The van der Waals surface area contributed by atoms with Gasteiger partial charge < -0.3 is 15.0 Å². The van der Waals surface area contributed by atoms with Crippen LogP contribution in [-0.4, -0.2) is 27.9 Å². The second kappa shape index (κ2) is 8.43. The fourth-order valence-electron chi connectivity index (χ4n) is 5.06. The Balaban J connectivity index is 1.54. The number of benzene rings is 2. The van der Waals surface area contributed by atoms with E-state index in [-0.39, 0.29) is 11.4 Å². The molecule has 5 rings (SSSR count). The van der Waals surface area contributed by atoms with Gasteiger partial charge in [-0.15, -0.1) is 0 Å². The van der Waals surface area contributed by atoms with Gasteiger partial charge in [-0.3, -0.25) is 4.79 Å². The van der Waals surface area contributed by atoms with Crippen LogP contribution in [0, 0.1) is 0 Å². The molecular weight excluding hydrogens is 424 g/mol. The Hall–Kier alpha value is -3.12. The first kappa shape index (κ1) is 20.8. The van der Waals surface area contributed by atoms with Crippen molar-refractivity contribution in [2.75, 3.05) is 12.4 Å². The van der Waals surface area contributed by atoms with Gasteiger partial charge in [0.2, 0.25) is 0 Å². The largest absolute Gasteiger partial charge is 0.497 e. The lowest BCUT2D eigenvalue weighted by molar-refractivity contribution is 0.0387. The maximum absolute atomic E-state index is 13.7. The Morgan fingerprint density at radius 3 is 2.59 bits per heavy atom. The molecule has 0 bridgehead atoms. The number of hydrogen-bond donors (Lipinski definition) is 1. The van der Waals surface area contributed by atoms with Gasteiger partial charge in [0, 0.05) is 18.4 Å². The molecule has 7 heteroatoms. The highest BCUT2D eigenvalue weighted by atomic mass is 35.5. The molecule has 1 aliphatic heterocycles. The summed E-state index contributed by atoms with van der Waals surface area (Å²) in [6.07, 6.45) is 8.44. The van der Waals surface area contributed by atoms with E-state index in [4.69, 9.17) is 16.3 Å². The zero-order valence-electron chi connectivity index (χ0n) is 18.0. The number of amides is 1. The SMILES string of the molecule is COc1ccc(CN2C(=O)c3c(Cl)cc(Nc4ccncn4)cc3C23CCCCC3)cc1. The molecule has 2 heterocycles. The van der Waals surface area contributed by atoms with Gasteiger partial charge in [-0.1, -0.05) is 43.0 Å². The molecule has 2 aliphatic rings. The maximum Gasteiger partial charge on any atom is 0.256 e. The zero-order valence-corrected chi connectivity index (χ0v) is 18.7. The van der Waals surface area contributed by atoms with E-state index in [0.717, 1.165) is 48.2 Å². The lowest BCUT2D eigenvalue weighted by Gasteiger charge is -2.42. The molecular formula is C25H25ClN4O2. The summed E-state index contributed by atoms with van der Waals surface area (Å²) in [7, 11) is 1.65. The number of rotatable bonds is 5. The molecule has 0 unspecified atom stereocenters. The van der Waals surface area contributed by atoms with Gasteiger partial charge in [-0.2, -0.15) is 0 Å². The van der Waals surface area contributed by atoms with Crippen LogP contribution in [0.2, 0.25) is 5.02 Å². The minimum Gasteiger partial charge on any atom is -0.497 e. The van der Waals surface area contributed by atoms with Crippen LogP contribution in [0.3, 0.4) is 0 Å². The minimum absolute atomic E-state index is 0.0105. The summed E-state index contributed by atoms with van der Waals surface area (Å²) in [4.78, 5) is 23.9. The molecule has 1 N–H and O–H groups in total. The van der Waals surface area contributed by atoms with Gasteiger partial charge in [0.25, 0.3) is 5.91 Å². The number of halogens is 1. The monoisotopic (exact) mass is 448 g/mol. The average Bonchev–Trinajstić information content (AvgIpc) is 3.03. The van der Waals surface area contributed by atoms with Gasteiger partial charge in [-0.25, -0.2) is 9.97 Å². The van der Waals surface area contributed by atoms with E-state index in [2.05, 4.69) is 21.4 Å². The van der Waals surface area contributed by atoms with Crippen LogP contribution < -0.4 is 10.1 Å². The molecule has 1 amide bonds. The van der Waals surface area contributed by atoms with Gasteiger partial charge in [0.1, 0.15) is 17.9 Å². The van der Waals surface area contributed by atoms with Crippen molar-refractivity contribution in [1.29, 1.82) is 0 Å². The summed E-state index contributed by atoms with van der Waals surface area (Å²) in [5.74, 6) is 1.50. The van der Waals surface area contributed by atoms with E-state index in [1.54, 1.807) is 19.4 Å². The molecule has 1 fully saturated rings. The fourth-order valence-corrected chi connectivity index (χ4v) is 5.36. The molecule has 0 saturated heterocycles. The number of nitrogens with zero attached hydrogens (tertiary/aromatic N) is 3. The smallest absolute Gasteiger partial charge is 0.256 e. The number of hydrogen-bond acceptors (Lipinski definition) is 5. The number of carbonyl (C=O) groups excluding carboxylic acids is 1. The molecule has 1 aliphatic carbocycles. The van der Waals surface area contributed by atoms with Crippen LogP contribution in [0.4, 0.5) is 11.5 Å². The lowest BCUT2D eigenvalue weighted by atomic mass is 9.76. The van der Waals surface area contributed by atoms with Gasteiger partial charge in [0.05, 0.1) is 23.2 Å². The molecule has 1 saturated carbocycles. The summed E-state index contributed by atoms with van der Waals surface area (Å²) in [5, 5.41) is 3.79. The van der Waals surface area contributed by atoms with Crippen molar-refractivity contribution in [1.82, 2.24) is 14.9 Å². The summed E-state index contributed by atoms with van der Waals surface area (Å²) >= 11 is 6.71. The summed E-state index contributed by atoms with van der Waals surface area (Å²) in [6.45, 7) is 0.544. The zero-order chi connectivity index (χ0) is 22.1. The molecule has 32 heavy (non-hydrogen) atoms. The van der Waals surface area contributed by atoms with E-state index in [1.807, 2.05) is 35.2 Å².